The lowest BCUT2D eigenvalue weighted by Crippen LogP contribution is -2.34. The fourth-order valence-electron chi connectivity index (χ4n) is 3.73. The normalized spacial score (nSPS) is 11.3. The summed E-state index contributed by atoms with van der Waals surface area (Å²) in [6.07, 6.45) is 1.87. The van der Waals surface area contributed by atoms with Crippen LogP contribution in [0.15, 0.2) is 36.4 Å². The van der Waals surface area contributed by atoms with Gasteiger partial charge in [0.25, 0.3) is 5.91 Å². The second-order valence-electron chi connectivity index (χ2n) is 8.22. The van der Waals surface area contributed by atoms with Gasteiger partial charge in [-0.15, -0.1) is 0 Å². The number of carbonyl (C=O) groups excluding carboxylic acids is 1. The van der Waals surface area contributed by atoms with Crippen LogP contribution in [0.5, 0.6) is 0 Å². The van der Waals surface area contributed by atoms with Crippen LogP contribution in [-0.2, 0) is 6.54 Å². The fraction of sp³-hybridized carbons (Fsp3) is 0.417. The minimum Gasteiger partial charge on any atom is -0.338 e. The Morgan fingerprint density at radius 1 is 1.10 bits per heavy atom. The molecule has 1 amide bonds. The first-order chi connectivity index (χ1) is 14.8. The third-order valence-corrected chi connectivity index (χ3v) is 5.36. The maximum Gasteiger partial charge on any atom is 0.253 e. The van der Waals surface area contributed by atoms with E-state index in [0.717, 1.165) is 49.2 Å². The van der Waals surface area contributed by atoms with E-state index in [-0.39, 0.29) is 5.91 Å². The zero-order valence-corrected chi connectivity index (χ0v) is 20.1. The molecule has 0 fully saturated rings. The van der Waals surface area contributed by atoms with Crippen molar-refractivity contribution in [3.63, 3.8) is 0 Å². The van der Waals surface area contributed by atoms with E-state index >= 15 is 0 Å². The van der Waals surface area contributed by atoms with Crippen LogP contribution < -0.4 is 5.32 Å². The highest BCUT2D eigenvalue weighted by atomic mass is 35.5. The van der Waals surface area contributed by atoms with Crippen molar-refractivity contribution in [1.29, 1.82) is 0 Å². The van der Waals surface area contributed by atoms with Crippen LogP contribution >= 0.6 is 23.2 Å². The molecule has 5 nitrogen and oxygen atoms in total. The Bertz CT molecular complexity index is 1040. The zero-order chi connectivity index (χ0) is 22.5. The maximum absolute atomic E-state index is 13.2. The second-order valence-corrected chi connectivity index (χ2v) is 9.09. The quantitative estimate of drug-likeness (QED) is 0.373. The van der Waals surface area contributed by atoms with Gasteiger partial charge in [0.1, 0.15) is 0 Å². The maximum atomic E-state index is 13.2. The summed E-state index contributed by atoms with van der Waals surface area (Å²) in [5, 5.41) is 4.45. The van der Waals surface area contributed by atoms with Crippen LogP contribution in [0.3, 0.4) is 0 Å². The Labute approximate surface area is 194 Å². The first kappa shape index (κ1) is 23.4. The number of nitrogens with one attached hydrogen (secondary N) is 1. The Balaban J connectivity index is 1.99. The number of halogens is 2. The predicted octanol–water partition coefficient (Wildman–Crippen LogP) is 7.00. The van der Waals surface area contributed by atoms with Crippen LogP contribution in [0.2, 0.25) is 10.0 Å². The molecule has 0 spiro atoms. The Morgan fingerprint density at radius 2 is 1.81 bits per heavy atom. The summed E-state index contributed by atoms with van der Waals surface area (Å²) in [4.78, 5) is 19.9. The number of hydrogen-bond donors (Lipinski definition) is 1. The van der Waals surface area contributed by atoms with Gasteiger partial charge in [0.2, 0.25) is 5.95 Å². The SMILES string of the molecule is CCCN(CC(C)C)C(=O)c1ccc2nc(Nc3cc(Cl)cc(Cl)c3)n(CCC)c2c1. The predicted molar refractivity (Wildman–Crippen MR) is 131 cm³/mol. The first-order valence-corrected chi connectivity index (χ1v) is 11.6. The van der Waals surface area contributed by atoms with Gasteiger partial charge in [-0.1, -0.05) is 50.9 Å². The lowest BCUT2D eigenvalue weighted by atomic mass is 10.1. The van der Waals surface area contributed by atoms with Crippen molar-refractivity contribution in [2.24, 2.45) is 5.92 Å². The van der Waals surface area contributed by atoms with E-state index in [2.05, 4.69) is 37.6 Å². The van der Waals surface area contributed by atoms with E-state index in [9.17, 15) is 4.79 Å². The molecule has 2 aromatic carbocycles. The molecule has 0 atom stereocenters. The zero-order valence-electron chi connectivity index (χ0n) is 18.6. The number of imidazole rings is 1. The molecule has 166 valence electrons. The van der Waals surface area contributed by atoms with E-state index in [0.29, 0.717) is 27.5 Å². The molecular formula is C24H30Cl2N4O. The fourth-order valence-corrected chi connectivity index (χ4v) is 4.25. The van der Waals surface area contributed by atoms with E-state index < -0.39 is 0 Å². The van der Waals surface area contributed by atoms with Crippen LogP contribution in [-0.4, -0.2) is 33.4 Å². The minimum atomic E-state index is 0.0674. The number of rotatable bonds is 9. The van der Waals surface area contributed by atoms with E-state index in [4.69, 9.17) is 28.2 Å². The van der Waals surface area contributed by atoms with E-state index in [1.165, 1.54) is 0 Å². The Kier molecular flexibility index (Phi) is 7.84. The van der Waals surface area contributed by atoms with Gasteiger partial charge in [0.05, 0.1) is 11.0 Å². The van der Waals surface area contributed by atoms with Gasteiger partial charge in [0, 0.05) is 40.9 Å². The van der Waals surface area contributed by atoms with Gasteiger partial charge >= 0.3 is 0 Å². The van der Waals surface area contributed by atoms with Crippen molar-refractivity contribution in [2.45, 2.75) is 47.1 Å². The van der Waals surface area contributed by atoms with Crippen LogP contribution in [0, 0.1) is 5.92 Å². The van der Waals surface area contributed by atoms with Crippen LogP contribution in [0.1, 0.15) is 50.9 Å². The molecule has 0 unspecified atom stereocenters. The van der Waals surface area contributed by atoms with Crippen molar-refractivity contribution in [3.8, 4) is 0 Å². The number of amides is 1. The third-order valence-electron chi connectivity index (χ3n) is 4.93. The van der Waals surface area contributed by atoms with Gasteiger partial charge in [-0.3, -0.25) is 4.79 Å². The summed E-state index contributed by atoms with van der Waals surface area (Å²) < 4.78 is 2.10. The minimum absolute atomic E-state index is 0.0674. The number of aromatic nitrogens is 2. The standard InChI is InChI=1S/C24H30Cl2N4O/c1-5-9-29(15-16(3)4)23(31)17-7-8-21-22(11-17)30(10-6-2)24(28-21)27-20-13-18(25)12-19(26)14-20/h7-8,11-14,16H,5-6,9-10,15H2,1-4H3,(H,27,28). The molecule has 3 rings (SSSR count). The summed E-state index contributed by atoms with van der Waals surface area (Å²) in [6, 6.07) is 11.1. The van der Waals surface area contributed by atoms with Crippen molar-refractivity contribution in [2.75, 3.05) is 18.4 Å². The van der Waals surface area contributed by atoms with Gasteiger partial charge < -0.3 is 14.8 Å². The van der Waals surface area contributed by atoms with Gasteiger partial charge in [-0.25, -0.2) is 4.98 Å². The Hall–Kier alpha value is -2.24. The highest BCUT2D eigenvalue weighted by Gasteiger charge is 2.19. The molecule has 7 heteroatoms. The first-order valence-electron chi connectivity index (χ1n) is 10.8. The van der Waals surface area contributed by atoms with E-state index in [1.807, 2.05) is 35.2 Å². The lowest BCUT2D eigenvalue weighted by molar-refractivity contribution is 0.0736. The molecule has 0 radical (unpaired) electrons. The highest BCUT2D eigenvalue weighted by Crippen LogP contribution is 2.28. The van der Waals surface area contributed by atoms with Crippen molar-refractivity contribution < 1.29 is 4.79 Å². The summed E-state index contributed by atoms with van der Waals surface area (Å²) in [7, 11) is 0. The lowest BCUT2D eigenvalue weighted by Gasteiger charge is -2.24. The molecule has 0 aliphatic carbocycles. The molecule has 1 aromatic heterocycles. The second kappa shape index (κ2) is 10.4. The summed E-state index contributed by atoms with van der Waals surface area (Å²) in [5.74, 6) is 1.19. The van der Waals surface area contributed by atoms with Crippen LogP contribution in [0.25, 0.3) is 11.0 Å². The van der Waals surface area contributed by atoms with Crippen LogP contribution in [0.4, 0.5) is 11.6 Å². The molecule has 1 N–H and O–H groups in total. The molecular weight excluding hydrogens is 431 g/mol. The van der Waals surface area contributed by atoms with E-state index in [1.54, 1.807) is 6.07 Å². The number of nitrogens with zero attached hydrogens (tertiary/aromatic N) is 3. The van der Waals surface area contributed by atoms with Crippen molar-refractivity contribution in [3.05, 3.63) is 52.0 Å². The van der Waals surface area contributed by atoms with Gasteiger partial charge in [0.15, 0.2) is 0 Å². The molecule has 0 aliphatic heterocycles. The number of carbonyl (C=O) groups is 1. The Morgan fingerprint density at radius 3 is 2.42 bits per heavy atom. The van der Waals surface area contributed by atoms with Crippen molar-refractivity contribution >= 4 is 51.8 Å². The molecule has 0 bridgehead atoms. The third kappa shape index (κ3) is 5.72. The molecule has 1 heterocycles. The number of aryl methyl sites for hydroxylation is 1. The van der Waals surface area contributed by atoms with Gasteiger partial charge in [-0.05, 0) is 55.2 Å². The smallest absolute Gasteiger partial charge is 0.253 e. The molecule has 0 saturated carbocycles. The highest BCUT2D eigenvalue weighted by molar-refractivity contribution is 6.35. The monoisotopic (exact) mass is 460 g/mol. The summed E-state index contributed by atoms with van der Waals surface area (Å²) >= 11 is 12.3. The molecule has 3 aromatic rings. The average molecular weight is 461 g/mol. The summed E-state index contributed by atoms with van der Waals surface area (Å²) in [6.45, 7) is 10.8. The van der Waals surface area contributed by atoms with Crippen molar-refractivity contribution in [1.82, 2.24) is 14.5 Å². The molecule has 0 saturated heterocycles. The largest absolute Gasteiger partial charge is 0.338 e. The topological polar surface area (TPSA) is 50.2 Å². The number of benzene rings is 2. The molecule has 0 aliphatic rings. The average Bonchev–Trinajstić information content (AvgIpc) is 3.02. The number of hydrogen-bond acceptors (Lipinski definition) is 3. The molecule has 31 heavy (non-hydrogen) atoms. The number of fused-ring (bicyclic) bond motifs is 1. The summed E-state index contributed by atoms with van der Waals surface area (Å²) in [5.41, 5.74) is 3.24. The van der Waals surface area contributed by atoms with Gasteiger partial charge in [-0.2, -0.15) is 0 Å². The number of anilines is 2.